The van der Waals surface area contributed by atoms with Crippen LogP contribution in [0.5, 0.6) is 0 Å². The first-order chi connectivity index (χ1) is 8.25. The molecule has 2 aromatic heterocycles. The normalized spacial score (nSPS) is 25.4. The number of furan rings is 1. The Bertz CT molecular complexity index is 522. The highest BCUT2D eigenvalue weighted by Gasteiger charge is 2.25. The van der Waals surface area contributed by atoms with E-state index in [2.05, 4.69) is 16.8 Å². The van der Waals surface area contributed by atoms with Crippen LogP contribution in [0.25, 0.3) is 11.0 Å². The summed E-state index contributed by atoms with van der Waals surface area (Å²) in [6, 6.07) is 4.20. The lowest BCUT2D eigenvalue weighted by Crippen LogP contribution is -2.46. The second-order valence-corrected chi connectivity index (χ2v) is 4.84. The maximum absolute atomic E-state index is 6.05. The summed E-state index contributed by atoms with van der Waals surface area (Å²) in [5.41, 5.74) is 6.95. The maximum atomic E-state index is 6.05. The lowest BCUT2D eigenvalue weighted by molar-refractivity contribution is 0.382. The standard InChI is InChI=1S/C13H17N3O/c1-9-8-16(6-3-11(9)14)13-10-4-7-17-12(10)2-5-15-13/h2,4-5,7,9,11H,3,6,8,14H2,1H3. The van der Waals surface area contributed by atoms with Crippen LogP contribution in [0.1, 0.15) is 13.3 Å². The maximum Gasteiger partial charge on any atom is 0.139 e. The Balaban J connectivity index is 1.96. The van der Waals surface area contributed by atoms with Crippen LogP contribution >= 0.6 is 0 Å². The molecule has 2 aromatic rings. The molecular weight excluding hydrogens is 214 g/mol. The number of nitrogens with two attached hydrogens (primary N) is 1. The van der Waals surface area contributed by atoms with Crippen LogP contribution in [0.3, 0.4) is 0 Å². The van der Waals surface area contributed by atoms with Crippen LogP contribution in [0.2, 0.25) is 0 Å². The zero-order valence-corrected chi connectivity index (χ0v) is 9.97. The molecule has 3 rings (SSSR count). The number of fused-ring (bicyclic) bond motifs is 1. The van der Waals surface area contributed by atoms with E-state index in [9.17, 15) is 0 Å². The van der Waals surface area contributed by atoms with E-state index in [1.54, 1.807) is 12.5 Å². The number of pyridine rings is 1. The molecule has 2 atom stereocenters. The number of aromatic nitrogens is 1. The van der Waals surface area contributed by atoms with Crippen LogP contribution in [0.15, 0.2) is 29.0 Å². The Morgan fingerprint density at radius 2 is 2.35 bits per heavy atom. The molecule has 1 fully saturated rings. The molecule has 0 bridgehead atoms. The van der Waals surface area contributed by atoms with Gasteiger partial charge in [-0.25, -0.2) is 4.98 Å². The number of piperidine rings is 1. The molecule has 0 spiro atoms. The number of anilines is 1. The van der Waals surface area contributed by atoms with Gasteiger partial charge in [-0.05, 0) is 24.5 Å². The van der Waals surface area contributed by atoms with Crippen molar-refractivity contribution in [2.24, 2.45) is 11.7 Å². The summed E-state index contributed by atoms with van der Waals surface area (Å²) < 4.78 is 5.41. The van der Waals surface area contributed by atoms with E-state index in [0.717, 1.165) is 36.3 Å². The molecule has 0 radical (unpaired) electrons. The van der Waals surface area contributed by atoms with E-state index in [4.69, 9.17) is 10.2 Å². The zero-order valence-electron chi connectivity index (χ0n) is 9.97. The highest BCUT2D eigenvalue weighted by atomic mass is 16.3. The summed E-state index contributed by atoms with van der Waals surface area (Å²) in [4.78, 5) is 6.80. The Morgan fingerprint density at radius 1 is 1.47 bits per heavy atom. The summed E-state index contributed by atoms with van der Waals surface area (Å²) in [6.45, 7) is 4.15. The van der Waals surface area contributed by atoms with Crippen LogP contribution in [0, 0.1) is 5.92 Å². The molecule has 1 aliphatic heterocycles. The van der Waals surface area contributed by atoms with Crippen molar-refractivity contribution in [1.82, 2.24) is 4.98 Å². The average molecular weight is 231 g/mol. The molecule has 0 aromatic carbocycles. The van der Waals surface area contributed by atoms with Crippen molar-refractivity contribution >= 4 is 16.8 Å². The molecule has 2 unspecified atom stereocenters. The summed E-state index contributed by atoms with van der Waals surface area (Å²) >= 11 is 0. The summed E-state index contributed by atoms with van der Waals surface area (Å²) in [6.07, 6.45) is 4.55. The molecule has 0 aliphatic carbocycles. The Labute approximate surface area is 100 Å². The van der Waals surface area contributed by atoms with Crippen LogP contribution < -0.4 is 10.6 Å². The topological polar surface area (TPSA) is 55.3 Å². The molecule has 0 saturated carbocycles. The third kappa shape index (κ3) is 1.78. The van der Waals surface area contributed by atoms with Crippen molar-refractivity contribution < 1.29 is 4.42 Å². The monoisotopic (exact) mass is 231 g/mol. The fourth-order valence-corrected chi connectivity index (χ4v) is 2.49. The van der Waals surface area contributed by atoms with Gasteiger partial charge in [-0.1, -0.05) is 6.92 Å². The van der Waals surface area contributed by atoms with Crippen LogP contribution in [-0.4, -0.2) is 24.1 Å². The largest absolute Gasteiger partial charge is 0.464 e. The fraction of sp³-hybridized carbons (Fsp3) is 0.462. The number of hydrogen-bond donors (Lipinski definition) is 1. The first-order valence-electron chi connectivity index (χ1n) is 6.08. The third-order valence-electron chi connectivity index (χ3n) is 3.63. The van der Waals surface area contributed by atoms with Gasteiger partial charge in [-0.3, -0.25) is 0 Å². The molecule has 90 valence electrons. The number of hydrogen-bond acceptors (Lipinski definition) is 4. The lowest BCUT2D eigenvalue weighted by Gasteiger charge is -2.36. The van der Waals surface area contributed by atoms with E-state index in [1.807, 2.05) is 12.1 Å². The van der Waals surface area contributed by atoms with Crippen LogP contribution in [-0.2, 0) is 0 Å². The minimum atomic E-state index is 0.315. The molecule has 0 amide bonds. The van der Waals surface area contributed by atoms with Gasteiger partial charge >= 0.3 is 0 Å². The second-order valence-electron chi connectivity index (χ2n) is 4.84. The van der Waals surface area contributed by atoms with E-state index in [1.165, 1.54) is 0 Å². The molecule has 1 saturated heterocycles. The Hall–Kier alpha value is -1.55. The zero-order chi connectivity index (χ0) is 11.8. The van der Waals surface area contributed by atoms with Gasteiger partial charge in [0.2, 0.25) is 0 Å². The van der Waals surface area contributed by atoms with Gasteiger partial charge in [-0.15, -0.1) is 0 Å². The van der Waals surface area contributed by atoms with Crippen LogP contribution in [0.4, 0.5) is 5.82 Å². The van der Waals surface area contributed by atoms with Gasteiger partial charge in [0.1, 0.15) is 11.4 Å². The van der Waals surface area contributed by atoms with Gasteiger partial charge in [0.15, 0.2) is 0 Å². The van der Waals surface area contributed by atoms with Crippen molar-refractivity contribution in [3.05, 3.63) is 24.6 Å². The minimum absolute atomic E-state index is 0.315. The van der Waals surface area contributed by atoms with Crippen molar-refractivity contribution in [3.63, 3.8) is 0 Å². The molecule has 4 heteroatoms. The summed E-state index contributed by atoms with van der Waals surface area (Å²) in [7, 11) is 0. The van der Waals surface area contributed by atoms with Gasteiger partial charge < -0.3 is 15.1 Å². The first-order valence-corrected chi connectivity index (χ1v) is 6.08. The highest BCUT2D eigenvalue weighted by molar-refractivity contribution is 5.88. The van der Waals surface area contributed by atoms with Crippen molar-refractivity contribution in [2.45, 2.75) is 19.4 Å². The van der Waals surface area contributed by atoms with Gasteiger partial charge in [-0.2, -0.15) is 0 Å². The molecule has 1 aliphatic rings. The Morgan fingerprint density at radius 3 is 3.18 bits per heavy atom. The lowest BCUT2D eigenvalue weighted by atomic mass is 9.95. The quantitative estimate of drug-likeness (QED) is 0.815. The molecular formula is C13H17N3O. The molecule has 3 heterocycles. The van der Waals surface area contributed by atoms with Crippen molar-refractivity contribution in [2.75, 3.05) is 18.0 Å². The highest BCUT2D eigenvalue weighted by Crippen LogP contribution is 2.28. The summed E-state index contributed by atoms with van der Waals surface area (Å²) in [5, 5.41) is 1.09. The van der Waals surface area contributed by atoms with Crippen molar-refractivity contribution in [1.29, 1.82) is 0 Å². The number of rotatable bonds is 1. The van der Waals surface area contributed by atoms with E-state index in [0.29, 0.717) is 12.0 Å². The van der Waals surface area contributed by atoms with Gasteiger partial charge in [0, 0.05) is 25.3 Å². The minimum Gasteiger partial charge on any atom is -0.464 e. The smallest absolute Gasteiger partial charge is 0.139 e. The summed E-state index contributed by atoms with van der Waals surface area (Å²) in [5.74, 6) is 1.53. The third-order valence-corrected chi connectivity index (χ3v) is 3.63. The van der Waals surface area contributed by atoms with Crippen molar-refractivity contribution in [3.8, 4) is 0 Å². The number of nitrogens with zero attached hydrogens (tertiary/aromatic N) is 2. The van der Waals surface area contributed by atoms with E-state index in [-0.39, 0.29) is 0 Å². The Kier molecular flexibility index (Phi) is 2.52. The van der Waals surface area contributed by atoms with Gasteiger partial charge in [0.05, 0.1) is 11.6 Å². The predicted molar refractivity (Wildman–Crippen MR) is 68.0 cm³/mol. The average Bonchev–Trinajstić information content (AvgIpc) is 2.80. The molecule has 17 heavy (non-hydrogen) atoms. The van der Waals surface area contributed by atoms with E-state index < -0.39 is 0 Å². The second kappa shape index (κ2) is 4.04. The van der Waals surface area contributed by atoms with Gasteiger partial charge in [0.25, 0.3) is 0 Å². The SMILES string of the molecule is CC1CN(c2nccc3occc23)CCC1N. The predicted octanol–water partition coefficient (Wildman–Crippen LogP) is 2.00. The molecule has 4 nitrogen and oxygen atoms in total. The molecule has 2 N–H and O–H groups in total. The first kappa shape index (κ1) is 10.6. The van der Waals surface area contributed by atoms with E-state index >= 15 is 0 Å². The fourth-order valence-electron chi connectivity index (χ4n) is 2.49.